The summed E-state index contributed by atoms with van der Waals surface area (Å²) in [7, 11) is 0. The van der Waals surface area contributed by atoms with Crippen molar-refractivity contribution in [2.75, 3.05) is 6.54 Å². The number of carbonyl (C=O) groups is 1. The minimum absolute atomic E-state index is 0.219. The standard InChI is InChI=1S/C16H34N2O/c1-3-4-5-6-7-8-9-10-11-12-13-18-15(2)14-16(17)19/h15,18H,3-14H2,1-2H3,(H2,17,19). The lowest BCUT2D eigenvalue weighted by atomic mass is 10.1. The summed E-state index contributed by atoms with van der Waals surface area (Å²) in [6.07, 6.45) is 14.0. The van der Waals surface area contributed by atoms with Crippen LogP contribution in [-0.2, 0) is 4.79 Å². The number of rotatable bonds is 14. The monoisotopic (exact) mass is 270 g/mol. The molecule has 114 valence electrons. The highest BCUT2D eigenvalue weighted by molar-refractivity contribution is 5.74. The van der Waals surface area contributed by atoms with Crippen molar-refractivity contribution in [2.45, 2.75) is 90.5 Å². The van der Waals surface area contributed by atoms with Gasteiger partial charge in [-0.15, -0.1) is 0 Å². The van der Waals surface area contributed by atoms with Crippen LogP contribution in [0.2, 0.25) is 0 Å². The lowest BCUT2D eigenvalue weighted by Crippen LogP contribution is -2.31. The van der Waals surface area contributed by atoms with Gasteiger partial charge in [-0.1, -0.05) is 64.7 Å². The molecule has 0 aromatic rings. The topological polar surface area (TPSA) is 55.1 Å². The first-order valence-corrected chi connectivity index (χ1v) is 8.18. The maximum Gasteiger partial charge on any atom is 0.218 e. The third-order valence-electron chi connectivity index (χ3n) is 3.53. The van der Waals surface area contributed by atoms with Gasteiger partial charge in [-0.05, 0) is 19.9 Å². The van der Waals surface area contributed by atoms with E-state index in [0.29, 0.717) is 6.42 Å². The van der Waals surface area contributed by atoms with Gasteiger partial charge in [-0.2, -0.15) is 0 Å². The van der Waals surface area contributed by atoms with Gasteiger partial charge in [0.15, 0.2) is 0 Å². The number of hydrogen-bond acceptors (Lipinski definition) is 2. The summed E-state index contributed by atoms with van der Waals surface area (Å²) in [5.74, 6) is -0.219. The van der Waals surface area contributed by atoms with Crippen molar-refractivity contribution in [1.82, 2.24) is 5.32 Å². The average molecular weight is 270 g/mol. The third kappa shape index (κ3) is 15.4. The maximum absolute atomic E-state index is 10.7. The Kier molecular flexibility index (Phi) is 13.4. The number of carbonyl (C=O) groups excluding carboxylic acids is 1. The summed E-state index contributed by atoms with van der Waals surface area (Å²) in [5.41, 5.74) is 5.14. The quantitative estimate of drug-likeness (QED) is 0.472. The first-order valence-electron chi connectivity index (χ1n) is 8.18. The van der Waals surface area contributed by atoms with Crippen molar-refractivity contribution in [3.63, 3.8) is 0 Å². The Bertz CT molecular complexity index is 207. The molecule has 0 radical (unpaired) electrons. The molecule has 0 spiro atoms. The molecule has 1 atom stereocenters. The van der Waals surface area contributed by atoms with Crippen LogP contribution in [0.25, 0.3) is 0 Å². The van der Waals surface area contributed by atoms with Crippen LogP contribution >= 0.6 is 0 Å². The molecule has 0 rings (SSSR count). The van der Waals surface area contributed by atoms with Gasteiger partial charge >= 0.3 is 0 Å². The van der Waals surface area contributed by atoms with Gasteiger partial charge in [0.25, 0.3) is 0 Å². The van der Waals surface area contributed by atoms with Crippen molar-refractivity contribution in [3.8, 4) is 0 Å². The van der Waals surface area contributed by atoms with Crippen molar-refractivity contribution in [3.05, 3.63) is 0 Å². The normalized spacial score (nSPS) is 12.5. The lowest BCUT2D eigenvalue weighted by Gasteiger charge is -2.11. The van der Waals surface area contributed by atoms with E-state index in [2.05, 4.69) is 12.2 Å². The molecule has 19 heavy (non-hydrogen) atoms. The van der Waals surface area contributed by atoms with E-state index in [1.807, 2.05) is 6.92 Å². The lowest BCUT2D eigenvalue weighted by molar-refractivity contribution is -0.118. The first kappa shape index (κ1) is 18.4. The second-order valence-electron chi connectivity index (χ2n) is 5.71. The van der Waals surface area contributed by atoms with Gasteiger partial charge in [0, 0.05) is 12.5 Å². The fourth-order valence-electron chi connectivity index (χ4n) is 2.33. The van der Waals surface area contributed by atoms with Gasteiger partial charge in [-0.3, -0.25) is 4.79 Å². The molecule has 0 saturated carbocycles. The van der Waals surface area contributed by atoms with E-state index < -0.39 is 0 Å². The second kappa shape index (κ2) is 13.9. The van der Waals surface area contributed by atoms with Gasteiger partial charge in [0.1, 0.15) is 0 Å². The van der Waals surface area contributed by atoms with Crippen LogP contribution in [0.1, 0.15) is 84.5 Å². The van der Waals surface area contributed by atoms with Crippen LogP contribution in [0, 0.1) is 0 Å². The largest absolute Gasteiger partial charge is 0.370 e. The highest BCUT2D eigenvalue weighted by Crippen LogP contribution is 2.10. The number of hydrogen-bond donors (Lipinski definition) is 2. The molecule has 0 aliphatic heterocycles. The number of nitrogens with two attached hydrogens (primary N) is 1. The molecule has 0 aromatic heterocycles. The van der Waals surface area contributed by atoms with Crippen LogP contribution in [0.15, 0.2) is 0 Å². The molecule has 0 aliphatic rings. The Balaban J connectivity index is 3.08. The fourth-order valence-corrected chi connectivity index (χ4v) is 2.33. The smallest absolute Gasteiger partial charge is 0.218 e. The van der Waals surface area contributed by atoms with Crippen molar-refractivity contribution in [2.24, 2.45) is 5.73 Å². The zero-order valence-electron chi connectivity index (χ0n) is 13.0. The summed E-state index contributed by atoms with van der Waals surface area (Å²) in [6, 6.07) is 0.219. The van der Waals surface area contributed by atoms with Crippen LogP contribution in [0.5, 0.6) is 0 Å². The Morgan fingerprint density at radius 2 is 1.42 bits per heavy atom. The van der Waals surface area contributed by atoms with Crippen molar-refractivity contribution in [1.29, 1.82) is 0 Å². The van der Waals surface area contributed by atoms with E-state index in [-0.39, 0.29) is 11.9 Å². The van der Waals surface area contributed by atoms with Crippen LogP contribution < -0.4 is 11.1 Å². The van der Waals surface area contributed by atoms with E-state index in [0.717, 1.165) is 6.54 Å². The molecule has 0 fully saturated rings. The van der Waals surface area contributed by atoms with E-state index in [9.17, 15) is 4.79 Å². The van der Waals surface area contributed by atoms with Gasteiger partial charge in [0.2, 0.25) is 5.91 Å². The Morgan fingerprint density at radius 3 is 1.89 bits per heavy atom. The van der Waals surface area contributed by atoms with Crippen molar-refractivity contribution < 1.29 is 4.79 Å². The number of nitrogens with one attached hydrogen (secondary N) is 1. The predicted octanol–water partition coefficient (Wildman–Crippen LogP) is 3.76. The predicted molar refractivity (Wildman–Crippen MR) is 83.1 cm³/mol. The molecular weight excluding hydrogens is 236 g/mol. The fraction of sp³-hybridized carbons (Fsp3) is 0.938. The molecule has 0 bridgehead atoms. The zero-order chi connectivity index (χ0) is 14.3. The van der Waals surface area contributed by atoms with Crippen molar-refractivity contribution >= 4 is 5.91 Å². The van der Waals surface area contributed by atoms with Crippen LogP contribution in [0.3, 0.4) is 0 Å². The van der Waals surface area contributed by atoms with E-state index >= 15 is 0 Å². The summed E-state index contributed by atoms with van der Waals surface area (Å²) in [6.45, 7) is 5.28. The van der Waals surface area contributed by atoms with Crippen LogP contribution in [0.4, 0.5) is 0 Å². The Morgan fingerprint density at radius 1 is 0.947 bits per heavy atom. The minimum atomic E-state index is -0.219. The summed E-state index contributed by atoms with van der Waals surface area (Å²) in [5, 5.41) is 3.34. The average Bonchev–Trinajstić information content (AvgIpc) is 2.35. The number of amides is 1. The minimum Gasteiger partial charge on any atom is -0.370 e. The molecule has 1 unspecified atom stereocenters. The molecular formula is C16H34N2O. The molecule has 0 aliphatic carbocycles. The summed E-state index contributed by atoms with van der Waals surface area (Å²) >= 11 is 0. The Hall–Kier alpha value is -0.570. The van der Waals surface area contributed by atoms with E-state index in [1.165, 1.54) is 64.2 Å². The third-order valence-corrected chi connectivity index (χ3v) is 3.53. The first-order chi connectivity index (χ1) is 9.16. The molecule has 1 amide bonds. The molecule has 3 heteroatoms. The van der Waals surface area contributed by atoms with E-state index in [4.69, 9.17) is 5.73 Å². The van der Waals surface area contributed by atoms with Gasteiger partial charge in [0.05, 0.1) is 0 Å². The molecule has 0 saturated heterocycles. The van der Waals surface area contributed by atoms with Crippen LogP contribution in [-0.4, -0.2) is 18.5 Å². The SMILES string of the molecule is CCCCCCCCCCCCNC(C)CC(N)=O. The highest BCUT2D eigenvalue weighted by atomic mass is 16.1. The second-order valence-corrected chi connectivity index (χ2v) is 5.71. The molecule has 3 N–H and O–H groups in total. The summed E-state index contributed by atoms with van der Waals surface area (Å²) in [4.78, 5) is 10.7. The number of primary amides is 1. The van der Waals surface area contributed by atoms with E-state index in [1.54, 1.807) is 0 Å². The number of unbranched alkanes of at least 4 members (excludes halogenated alkanes) is 9. The zero-order valence-corrected chi connectivity index (χ0v) is 13.0. The van der Waals surface area contributed by atoms with Gasteiger partial charge < -0.3 is 11.1 Å². The molecule has 0 heterocycles. The summed E-state index contributed by atoms with van der Waals surface area (Å²) < 4.78 is 0. The molecule has 0 aromatic carbocycles. The van der Waals surface area contributed by atoms with Gasteiger partial charge in [-0.25, -0.2) is 0 Å². The Labute approximate surface area is 119 Å². The maximum atomic E-state index is 10.7. The highest BCUT2D eigenvalue weighted by Gasteiger charge is 2.03. The molecule has 3 nitrogen and oxygen atoms in total.